The highest BCUT2D eigenvalue weighted by atomic mass is 35.5. The average molecular weight is 365 g/mol. The van der Waals surface area contributed by atoms with Crippen molar-refractivity contribution >= 4 is 46.6 Å². The maximum atomic E-state index is 12.5. The highest BCUT2D eigenvalue weighted by Crippen LogP contribution is 2.52. The van der Waals surface area contributed by atoms with Crippen LogP contribution in [0.15, 0.2) is 30.4 Å². The summed E-state index contributed by atoms with van der Waals surface area (Å²) in [6.45, 7) is -0.299. The van der Waals surface area contributed by atoms with Gasteiger partial charge < -0.3 is 5.32 Å². The fourth-order valence-electron chi connectivity index (χ4n) is 4.05. The van der Waals surface area contributed by atoms with Crippen molar-refractivity contribution < 1.29 is 14.4 Å². The highest BCUT2D eigenvalue weighted by Gasteiger charge is 2.59. The minimum absolute atomic E-state index is 0.131. The number of likely N-dealkylation sites (tertiary alicyclic amines) is 1. The lowest BCUT2D eigenvalue weighted by Gasteiger charge is -2.17. The van der Waals surface area contributed by atoms with Crippen molar-refractivity contribution in [3.63, 3.8) is 0 Å². The smallest absolute Gasteiger partial charge is 0.244 e. The summed E-state index contributed by atoms with van der Waals surface area (Å²) in [5.74, 6) is -1.28. The molecule has 0 unspecified atom stereocenters. The van der Waals surface area contributed by atoms with E-state index in [1.807, 2.05) is 12.2 Å². The highest BCUT2D eigenvalue weighted by molar-refractivity contribution is 6.35. The number of halogens is 2. The van der Waals surface area contributed by atoms with Gasteiger partial charge in [0.15, 0.2) is 0 Å². The van der Waals surface area contributed by atoms with Crippen molar-refractivity contribution in [3.8, 4) is 0 Å². The van der Waals surface area contributed by atoms with Crippen LogP contribution in [0.2, 0.25) is 10.0 Å². The van der Waals surface area contributed by atoms with E-state index in [4.69, 9.17) is 23.2 Å². The molecule has 0 spiro atoms. The zero-order chi connectivity index (χ0) is 17.0. The Morgan fingerprint density at radius 3 is 2.38 bits per heavy atom. The molecule has 2 bridgehead atoms. The van der Waals surface area contributed by atoms with E-state index in [0.29, 0.717) is 15.7 Å². The van der Waals surface area contributed by atoms with Crippen molar-refractivity contribution in [1.82, 2.24) is 4.90 Å². The quantitative estimate of drug-likeness (QED) is 0.662. The molecule has 5 nitrogen and oxygen atoms in total. The Labute approximate surface area is 148 Å². The van der Waals surface area contributed by atoms with Crippen LogP contribution in [0, 0.1) is 23.7 Å². The normalized spacial score (nSPS) is 30.2. The third-order valence-corrected chi connectivity index (χ3v) is 5.63. The third kappa shape index (κ3) is 2.34. The van der Waals surface area contributed by atoms with Gasteiger partial charge in [0, 0.05) is 5.02 Å². The van der Waals surface area contributed by atoms with Crippen LogP contribution in [0.4, 0.5) is 5.69 Å². The van der Waals surface area contributed by atoms with E-state index in [2.05, 4.69) is 5.32 Å². The van der Waals surface area contributed by atoms with Gasteiger partial charge in [-0.25, -0.2) is 0 Å². The van der Waals surface area contributed by atoms with E-state index in [0.717, 1.165) is 11.3 Å². The largest absolute Gasteiger partial charge is 0.323 e. The van der Waals surface area contributed by atoms with E-state index in [-0.39, 0.29) is 42.0 Å². The van der Waals surface area contributed by atoms with Crippen molar-refractivity contribution in [2.45, 2.75) is 6.42 Å². The van der Waals surface area contributed by atoms with Crippen LogP contribution in [0.5, 0.6) is 0 Å². The monoisotopic (exact) mass is 364 g/mol. The minimum atomic E-state index is -0.471. The van der Waals surface area contributed by atoms with Crippen LogP contribution in [0.3, 0.4) is 0 Å². The fraction of sp³-hybridized carbons (Fsp3) is 0.353. The number of benzene rings is 1. The predicted octanol–water partition coefficient (Wildman–Crippen LogP) is 2.74. The number of nitrogens with one attached hydrogen (secondary N) is 1. The number of fused-ring (bicyclic) bond motifs is 5. The lowest BCUT2D eigenvalue weighted by Crippen LogP contribution is -2.39. The SMILES string of the molecule is O=C(CN1C(=O)[C@@H]2[C@H](C1=O)[C@@H]1C=C[C@H]2C1)Nc1cc(Cl)ccc1Cl. The minimum Gasteiger partial charge on any atom is -0.323 e. The van der Waals surface area contributed by atoms with E-state index < -0.39 is 5.91 Å². The van der Waals surface area contributed by atoms with E-state index >= 15 is 0 Å². The molecule has 2 fully saturated rings. The summed E-state index contributed by atoms with van der Waals surface area (Å²) >= 11 is 11.9. The summed E-state index contributed by atoms with van der Waals surface area (Å²) in [5.41, 5.74) is 0.357. The molecule has 1 aromatic carbocycles. The standard InChI is InChI=1S/C17H14Cl2N2O3/c18-10-3-4-11(19)12(6-10)20-13(22)7-21-16(23)14-8-1-2-9(5-8)15(14)17(21)24/h1-4,6,8-9,14-15H,5,7H2,(H,20,22)/t8-,9+,14-,15+. The number of hydrogen-bond donors (Lipinski definition) is 1. The Bertz CT molecular complexity index is 762. The first-order chi connectivity index (χ1) is 11.5. The molecule has 3 aliphatic rings. The number of nitrogens with zero attached hydrogens (tertiary/aromatic N) is 1. The van der Waals surface area contributed by atoms with Gasteiger partial charge in [0.1, 0.15) is 6.54 Å². The maximum absolute atomic E-state index is 12.5. The fourth-order valence-corrected chi connectivity index (χ4v) is 4.38. The molecule has 1 aromatic rings. The first-order valence-corrected chi connectivity index (χ1v) is 8.50. The second-order valence-corrected chi connectivity index (χ2v) is 7.28. The molecule has 2 aliphatic carbocycles. The molecule has 0 aromatic heterocycles. The van der Waals surface area contributed by atoms with Crippen molar-refractivity contribution in [3.05, 3.63) is 40.4 Å². The average Bonchev–Trinajstić information content (AvgIpc) is 3.21. The lowest BCUT2D eigenvalue weighted by molar-refractivity contribution is -0.143. The van der Waals surface area contributed by atoms with Crippen LogP contribution in [-0.2, 0) is 14.4 Å². The molecule has 7 heteroatoms. The van der Waals surface area contributed by atoms with Crippen LogP contribution < -0.4 is 5.32 Å². The van der Waals surface area contributed by atoms with Gasteiger partial charge in [-0.2, -0.15) is 0 Å². The van der Waals surface area contributed by atoms with Crippen molar-refractivity contribution in [2.24, 2.45) is 23.7 Å². The Hall–Kier alpha value is -1.85. The molecule has 0 radical (unpaired) electrons. The van der Waals surface area contributed by atoms with E-state index in [1.165, 1.54) is 6.07 Å². The summed E-state index contributed by atoms with van der Waals surface area (Å²) in [7, 11) is 0. The van der Waals surface area contributed by atoms with Gasteiger partial charge in [-0.15, -0.1) is 0 Å². The Balaban J connectivity index is 1.48. The number of amides is 3. The number of carbonyl (C=O) groups is 3. The van der Waals surface area contributed by atoms with Gasteiger partial charge in [-0.05, 0) is 36.5 Å². The molecule has 1 N–H and O–H groups in total. The van der Waals surface area contributed by atoms with Crippen LogP contribution in [0.1, 0.15) is 6.42 Å². The zero-order valence-electron chi connectivity index (χ0n) is 12.5. The molecular weight excluding hydrogens is 351 g/mol. The van der Waals surface area contributed by atoms with Gasteiger partial charge >= 0.3 is 0 Å². The van der Waals surface area contributed by atoms with Gasteiger partial charge in [0.05, 0.1) is 22.5 Å². The zero-order valence-corrected chi connectivity index (χ0v) is 14.1. The third-order valence-electron chi connectivity index (χ3n) is 5.07. The van der Waals surface area contributed by atoms with E-state index in [1.54, 1.807) is 12.1 Å². The molecule has 1 aliphatic heterocycles. The molecule has 1 saturated carbocycles. The molecule has 4 rings (SSSR count). The Morgan fingerprint density at radius 1 is 1.12 bits per heavy atom. The number of carbonyl (C=O) groups excluding carboxylic acids is 3. The summed E-state index contributed by atoms with van der Waals surface area (Å²) in [5, 5.41) is 3.38. The first kappa shape index (κ1) is 15.7. The molecule has 24 heavy (non-hydrogen) atoms. The maximum Gasteiger partial charge on any atom is 0.244 e. The topological polar surface area (TPSA) is 66.5 Å². The summed E-state index contributed by atoms with van der Waals surface area (Å²) < 4.78 is 0. The molecule has 4 atom stereocenters. The molecule has 3 amide bonds. The number of rotatable bonds is 3. The molecule has 1 saturated heterocycles. The number of allylic oxidation sites excluding steroid dienone is 2. The molecule has 124 valence electrons. The lowest BCUT2D eigenvalue weighted by atomic mass is 9.85. The Kier molecular flexibility index (Phi) is 3.66. The predicted molar refractivity (Wildman–Crippen MR) is 89.5 cm³/mol. The van der Waals surface area contributed by atoms with Crippen LogP contribution >= 0.6 is 23.2 Å². The van der Waals surface area contributed by atoms with Crippen molar-refractivity contribution in [2.75, 3.05) is 11.9 Å². The summed E-state index contributed by atoms with van der Waals surface area (Å²) in [6.07, 6.45) is 4.91. The van der Waals surface area contributed by atoms with Gasteiger partial charge in [-0.1, -0.05) is 35.4 Å². The van der Waals surface area contributed by atoms with Crippen LogP contribution in [0.25, 0.3) is 0 Å². The number of hydrogen-bond acceptors (Lipinski definition) is 3. The second kappa shape index (κ2) is 5.60. The van der Waals surface area contributed by atoms with E-state index in [9.17, 15) is 14.4 Å². The summed E-state index contributed by atoms with van der Waals surface area (Å²) in [4.78, 5) is 38.4. The molecular formula is C17H14Cl2N2O3. The van der Waals surface area contributed by atoms with Gasteiger partial charge in [-0.3, -0.25) is 19.3 Å². The molecule has 1 heterocycles. The first-order valence-electron chi connectivity index (χ1n) is 7.74. The number of anilines is 1. The van der Waals surface area contributed by atoms with Crippen LogP contribution in [-0.4, -0.2) is 29.2 Å². The summed E-state index contributed by atoms with van der Waals surface area (Å²) in [6, 6.07) is 4.70. The second-order valence-electron chi connectivity index (χ2n) is 6.43. The Morgan fingerprint density at radius 2 is 1.75 bits per heavy atom. The van der Waals surface area contributed by atoms with Gasteiger partial charge in [0.25, 0.3) is 0 Å². The van der Waals surface area contributed by atoms with Crippen molar-refractivity contribution in [1.29, 1.82) is 0 Å². The van der Waals surface area contributed by atoms with Gasteiger partial charge in [0.2, 0.25) is 17.7 Å². The number of imide groups is 1.